The topological polar surface area (TPSA) is 17.1 Å². The molecule has 0 amide bonds. The first-order chi connectivity index (χ1) is 6.31. The molecule has 0 spiro atoms. The van der Waals surface area contributed by atoms with Gasteiger partial charge in [-0.2, -0.15) is 0 Å². The summed E-state index contributed by atoms with van der Waals surface area (Å²) in [5, 5.41) is 2.07. The first-order valence-electron chi connectivity index (χ1n) is 4.17. The highest BCUT2D eigenvalue weighted by molar-refractivity contribution is 5.97. The first kappa shape index (κ1) is 7.99. The number of carbonyl (C=O) groups is 1. The lowest BCUT2D eigenvalue weighted by Crippen LogP contribution is -1.84. The molecule has 0 aliphatic heterocycles. The van der Waals surface area contributed by atoms with Crippen LogP contribution in [0.25, 0.3) is 10.8 Å². The molecule has 1 radical (unpaired) electrons. The average Bonchev–Trinajstić information content (AvgIpc) is 2.17. The Bertz CT molecular complexity index is 458. The van der Waals surface area contributed by atoms with Gasteiger partial charge in [0.15, 0.2) is 6.29 Å². The Labute approximate surface area is 77.0 Å². The second kappa shape index (κ2) is 3.02. The van der Waals surface area contributed by atoms with E-state index >= 15 is 0 Å². The zero-order chi connectivity index (χ0) is 9.26. The summed E-state index contributed by atoms with van der Waals surface area (Å²) in [4.78, 5) is 10.7. The Morgan fingerprint density at radius 2 is 2.15 bits per heavy atom. The third kappa shape index (κ3) is 1.33. The molecule has 63 valence electrons. The van der Waals surface area contributed by atoms with Gasteiger partial charge in [-0.15, -0.1) is 0 Å². The van der Waals surface area contributed by atoms with Gasteiger partial charge in [0.05, 0.1) is 0 Å². The van der Waals surface area contributed by atoms with E-state index < -0.39 is 0 Å². The Kier molecular flexibility index (Phi) is 1.85. The van der Waals surface area contributed by atoms with E-state index in [9.17, 15) is 4.79 Å². The van der Waals surface area contributed by atoms with Crippen LogP contribution in [-0.4, -0.2) is 6.29 Å². The average molecular weight is 169 g/mol. The van der Waals surface area contributed by atoms with Crippen LogP contribution < -0.4 is 0 Å². The summed E-state index contributed by atoms with van der Waals surface area (Å²) in [6.07, 6.45) is 0.849. The van der Waals surface area contributed by atoms with E-state index in [1.807, 2.05) is 31.2 Å². The van der Waals surface area contributed by atoms with Gasteiger partial charge in [0.1, 0.15) is 0 Å². The van der Waals surface area contributed by atoms with E-state index in [1.165, 1.54) is 0 Å². The summed E-state index contributed by atoms with van der Waals surface area (Å²) in [7, 11) is 0. The minimum atomic E-state index is 0.640. The van der Waals surface area contributed by atoms with E-state index in [2.05, 4.69) is 6.07 Å². The number of benzene rings is 2. The van der Waals surface area contributed by atoms with Crippen LogP contribution in [0.5, 0.6) is 0 Å². The summed E-state index contributed by atoms with van der Waals surface area (Å²) in [5.41, 5.74) is 1.80. The maximum atomic E-state index is 10.7. The lowest BCUT2D eigenvalue weighted by atomic mass is 10.0. The van der Waals surface area contributed by atoms with Gasteiger partial charge in [-0.05, 0) is 23.8 Å². The highest BCUT2D eigenvalue weighted by atomic mass is 16.1. The molecule has 2 rings (SSSR count). The van der Waals surface area contributed by atoms with Crippen molar-refractivity contribution >= 4 is 17.1 Å². The van der Waals surface area contributed by atoms with E-state index in [-0.39, 0.29) is 0 Å². The van der Waals surface area contributed by atoms with Crippen LogP contribution in [-0.2, 0) is 0 Å². The monoisotopic (exact) mass is 169 g/mol. The summed E-state index contributed by atoms with van der Waals surface area (Å²) in [5.74, 6) is 0. The fourth-order valence-corrected chi connectivity index (χ4v) is 1.45. The molecule has 0 saturated heterocycles. The van der Waals surface area contributed by atoms with E-state index in [0.29, 0.717) is 5.56 Å². The number of aryl methyl sites for hydroxylation is 1. The van der Waals surface area contributed by atoms with Crippen LogP contribution in [0.1, 0.15) is 15.9 Å². The van der Waals surface area contributed by atoms with Crippen LogP contribution in [0.3, 0.4) is 0 Å². The van der Waals surface area contributed by atoms with E-state index in [1.54, 1.807) is 6.07 Å². The molecule has 0 saturated carbocycles. The molecule has 0 aliphatic rings. The molecule has 1 heteroatoms. The molecule has 0 aromatic heterocycles. The van der Waals surface area contributed by atoms with Crippen molar-refractivity contribution in [3.63, 3.8) is 0 Å². The zero-order valence-corrected chi connectivity index (χ0v) is 7.37. The fourth-order valence-electron chi connectivity index (χ4n) is 1.45. The Morgan fingerprint density at radius 3 is 2.92 bits per heavy atom. The summed E-state index contributed by atoms with van der Waals surface area (Å²) in [6.45, 7) is 2.01. The standard InChI is InChI=1S/C12H9O/c1-9-5-6-10-3-2-4-11(8-13)12(10)7-9/h2-3,5-8H,1H3. The molecule has 0 unspecified atom stereocenters. The molecule has 0 N–H and O–H groups in total. The van der Waals surface area contributed by atoms with Gasteiger partial charge in [-0.1, -0.05) is 35.9 Å². The molecule has 0 aliphatic carbocycles. The van der Waals surface area contributed by atoms with E-state index in [0.717, 1.165) is 22.6 Å². The maximum Gasteiger partial charge on any atom is 0.151 e. The largest absolute Gasteiger partial charge is 0.298 e. The van der Waals surface area contributed by atoms with Gasteiger partial charge < -0.3 is 0 Å². The first-order valence-corrected chi connectivity index (χ1v) is 4.17. The van der Waals surface area contributed by atoms with Gasteiger partial charge in [0, 0.05) is 5.56 Å². The lowest BCUT2D eigenvalue weighted by Gasteiger charge is -2.00. The quantitative estimate of drug-likeness (QED) is 0.600. The SMILES string of the molecule is Cc1ccc2cc[c]c(C=O)c2c1. The van der Waals surface area contributed by atoms with E-state index in [4.69, 9.17) is 0 Å². The molecule has 0 atom stereocenters. The minimum Gasteiger partial charge on any atom is -0.298 e. The number of hydrogen-bond donors (Lipinski definition) is 0. The van der Waals surface area contributed by atoms with Gasteiger partial charge in [-0.3, -0.25) is 4.79 Å². The normalized spacial score (nSPS) is 10.2. The predicted octanol–water partition coefficient (Wildman–Crippen LogP) is 2.76. The number of hydrogen-bond acceptors (Lipinski definition) is 1. The fraction of sp³-hybridized carbons (Fsp3) is 0.0833. The Hall–Kier alpha value is -1.63. The van der Waals surface area contributed by atoms with Gasteiger partial charge in [-0.25, -0.2) is 0 Å². The molecule has 2 aromatic rings. The molecule has 1 nitrogen and oxygen atoms in total. The van der Waals surface area contributed by atoms with Crippen LogP contribution in [0.2, 0.25) is 0 Å². The van der Waals surface area contributed by atoms with Gasteiger partial charge in [0.25, 0.3) is 0 Å². The molecule has 13 heavy (non-hydrogen) atoms. The van der Waals surface area contributed by atoms with Crippen molar-refractivity contribution in [1.82, 2.24) is 0 Å². The van der Waals surface area contributed by atoms with Crippen molar-refractivity contribution in [2.75, 3.05) is 0 Å². The van der Waals surface area contributed by atoms with Crippen molar-refractivity contribution in [3.8, 4) is 0 Å². The Balaban J connectivity index is 2.86. The van der Waals surface area contributed by atoms with Gasteiger partial charge in [0.2, 0.25) is 0 Å². The van der Waals surface area contributed by atoms with Crippen LogP contribution in [0, 0.1) is 13.0 Å². The minimum absolute atomic E-state index is 0.640. The molecule has 0 fully saturated rings. The third-order valence-electron chi connectivity index (χ3n) is 2.12. The van der Waals surface area contributed by atoms with Crippen LogP contribution in [0.4, 0.5) is 0 Å². The van der Waals surface area contributed by atoms with Crippen LogP contribution >= 0.6 is 0 Å². The maximum absolute atomic E-state index is 10.7. The van der Waals surface area contributed by atoms with Crippen molar-refractivity contribution in [2.24, 2.45) is 0 Å². The molecular formula is C12H9O. The lowest BCUT2D eigenvalue weighted by molar-refractivity contribution is 0.112. The van der Waals surface area contributed by atoms with Crippen LogP contribution in [0.15, 0.2) is 30.3 Å². The number of fused-ring (bicyclic) bond motifs is 1. The molecule has 0 heterocycles. The summed E-state index contributed by atoms with van der Waals surface area (Å²) >= 11 is 0. The number of rotatable bonds is 1. The van der Waals surface area contributed by atoms with Gasteiger partial charge >= 0.3 is 0 Å². The van der Waals surface area contributed by atoms with Crippen molar-refractivity contribution in [2.45, 2.75) is 6.92 Å². The van der Waals surface area contributed by atoms with Crippen molar-refractivity contribution in [1.29, 1.82) is 0 Å². The highest BCUT2D eigenvalue weighted by Crippen LogP contribution is 2.18. The zero-order valence-electron chi connectivity index (χ0n) is 7.37. The second-order valence-corrected chi connectivity index (χ2v) is 3.10. The third-order valence-corrected chi connectivity index (χ3v) is 2.12. The number of aldehydes is 1. The smallest absolute Gasteiger partial charge is 0.151 e. The van der Waals surface area contributed by atoms with Crippen molar-refractivity contribution < 1.29 is 4.79 Å². The van der Waals surface area contributed by atoms with Crippen molar-refractivity contribution in [3.05, 3.63) is 47.5 Å². The molecular weight excluding hydrogens is 160 g/mol. The predicted molar refractivity (Wildman–Crippen MR) is 52.9 cm³/mol. The summed E-state index contributed by atoms with van der Waals surface area (Å²) in [6, 6.07) is 12.7. The second-order valence-electron chi connectivity index (χ2n) is 3.10. The highest BCUT2D eigenvalue weighted by Gasteiger charge is 1.98. The Morgan fingerprint density at radius 1 is 1.31 bits per heavy atom. The summed E-state index contributed by atoms with van der Waals surface area (Å²) < 4.78 is 0. The molecule has 2 aromatic carbocycles. The number of carbonyl (C=O) groups excluding carboxylic acids is 1. The molecule has 0 bridgehead atoms.